The molecule has 11 heteroatoms. The van der Waals surface area contributed by atoms with E-state index in [0.29, 0.717) is 17.3 Å². The second-order valence-electron chi connectivity index (χ2n) is 6.48. The minimum atomic E-state index is -4.99. The van der Waals surface area contributed by atoms with Crippen LogP contribution in [0.4, 0.5) is 32.0 Å². The number of amides is 1. The Kier molecular flexibility index (Phi) is 6.35. The fourth-order valence-electron chi connectivity index (χ4n) is 2.76. The Morgan fingerprint density at radius 3 is 2.13 bits per heavy atom. The molecule has 31 heavy (non-hydrogen) atoms. The van der Waals surface area contributed by atoms with Crippen molar-refractivity contribution in [2.45, 2.75) is 17.5 Å². The van der Waals surface area contributed by atoms with Gasteiger partial charge in [0.1, 0.15) is 0 Å². The summed E-state index contributed by atoms with van der Waals surface area (Å²) in [5, 5.41) is 2.56. The fourth-order valence-corrected chi connectivity index (χ4v) is 3.51. The Balaban J connectivity index is 1.72. The summed E-state index contributed by atoms with van der Waals surface area (Å²) in [6.45, 7) is 0. The molecule has 0 spiro atoms. The highest BCUT2D eigenvalue weighted by Crippen LogP contribution is 2.37. The van der Waals surface area contributed by atoms with E-state index in [2.05, 4.69) is 10.3 Å². The zero-order valence-corrected chi connectivity index (χ0v) is 16.7. The van der Waals surface area contributed by atoms with Crippen LogP contribution < -0.4 is 5.32 Å². The van der Waals surface area contributed by atoms with Crippen molar-refractivity contribution in [2.75, 3.05) is 11.1 Å². The van der Waals surface area contributed by atoms with Gasteiger partial charge in [0.15, 0.2) is 5.16 Å². The molecule has 0 fully saturated rings. The molecule has 4 nitrogen and oxygen atoms in total. The molecular weight excluding hydrogens is 444 g/mol. The van der Waals surface area contributed by atoms with E-state index in [1.807, 2.05) is 30.3 Å². The Morgan fingerprint density at radius 1 is 1.00 bits per heavy atom. The number of hydrogen-bond acceptors (Lipinski definition) is 3. The second-order valence-corrected chi connectivity index (χ2v) is 7.42. The fraction of sp³-hybridized carbons (Fsp3) is 0.200. The molecule has 1 N–H and O–H groups in total. The van der Waals surface area contributed by atoms with Gasteiger partial charge in [-0.2, -0.15) is 26.3 Å². The molecule has 3 aromatic rings. The first-order chi connectivity index (χ1) is 14.4. The van der Waals surface area contributed by atoms with Crippen LogP contribution in [0.15, 0.2) is 59.9 Å². The summed E-state index contributed by atoms with van der Waals surface area (Å²) in [7, 11) is 1.73. The molecule has 0 aliphatic carbocycles. The first kappa shape index (κ1) is 22.7. The number of nitrogens with zero attached hydrogens (tertiary/aromatic N) is 2. The maximum Gasteiger partial charge on any atom is 0.416 e. The van der Waals surface area contributed by atoms with Crippen molar-refractivity contribution in [3.63, 3.8) is 0 Å². The minimum absolute atomic E-state index is 0.00338. The first-order valence-corrected chi connectivity index (χ1v) is 9.73. The van der Waals surface area contributed by atoms with E-state index in [0.717, 1.165) is 23.0 Å². The average Bonchev–Trinajstić information content (AvgIpc) is 3.06. The summed E-state index contributed by atoms with van der Waals surface area (Å²) in [5.41, 5.74) is -1.89. The molecule has 0 saturated heterocycles. The van der Waals surface area contributed by atoms with Crippen molar-refractivity contribution in [2.24, 2.45) is 7.05 Å². The molecule has 0 aliphatic rings. The van der Waals surface area contributed by atoms with Gasteiger partial charge >= 0.3 is 12.4 Å². The number of hydrogen-bond donors (Lipinski definition) is 1. The number of alkyl halides is 6. The summed E-state index contributed by atoms with van der Waals surface area (Å²) < 4.78 is 79.3. The van der Waals surface area contributed by atoms with Gasteiger partial charge in [0.05, 0.1) is 28.8 Å². The molecule has 3 rings (SSSR count). The summed E-state index contributed by atoms with van der Waals surface area (Å²) in [6.07, 6.45) is -8.37. The highest BCUT2D eigenvalue weighted by molar-refractivity contribution is 7.99. The third kappa shape index (κ3) is 5.60. The lowest BCUT2D eigenvalue weighted by molar-refractivity contribution is -0.143. The first-order valence-electron chi connectivity index (χ1n) is 8.74. The van der Waals surface area contributed by atoms with Gasteiger partial charge in [0.2, 0.25) is 5.91 Å². The second kappa shape index (κ2) is 8.66. The molecule has 0 saturated carbocycles. The Hall–Kier alpha value is -2.95. The number of anilines is 1. The molecule has 1 heterocycles. The van der Waals surface area contributed by atoms with E-state index in [9.17, 15) is 31.1 Å². The molecule has 0 bridgehead atoms. The van der Waals surface area contributed by atoms with Crippen molar-refractivity contribution in [3.8, 4) is 11.3 Å². The Labute approximate surface area is 177 Å². The Morgan fingerprint density at radius 2 is 1.58 bits per heavy atom. The molecular formula is C20H15F6N3OS. The molecule has 0 radical (unpaired) electrons. The summed E-state index contributed by atoms with van der Waals surface area (Å²) >= 11 is 1.00. The number of halogens is 6. The highest BCUT2D eigenvalue weighted by atomic mass is 32.2. The topological polar surface area (TPSA) is 46.9 Å². The van der Waals surface area contributed by atoms with Gasteiger partial charge in [0, 0.05) is 12.7 Å². The minimum Gasteiger partial charge on any atom is -0.325 e. The van der Waals surface area contributed by atoms with Gasteiger partial charge in [-0.15, -0.1) is 0 Å². The maximum absolute atomic E-state index is 12.9. The van der Waals surface area contributed by atoms with Crippen molar-refractivity contribution in [1.29, 1.82) is 0 Å². The molecule has 1 amide bonds. The van der Waals surface area contributed by atoms with Crippen LogP contribution in [0.1, 0.15) is 11.1 Å². The van der Waals surface area contributed by atoms with Crippen LogP contribution in [0, 0.1) is 0 Å². The van der Waals surface area contributed by atoms with Gasteiger partial charge in [-0.1, -0.05) is 42.1 Å². The normalized spacial score (nSPS) is 12.1. The van der Waals surface area contributed by atoms with Crippen LogP contribution in [0.5, 0.6) is 0 Å². The summed E-state index contributed by atoms with van der Waals surface area (Å²) in [6, 6.07) is 10.3. The van der Waals surface area contributed by atoms with E-state index in [1.165, 1.54) is 0 Å². The van der Waals surface area contributed by atoms with Crippen LogP contribution in [0.3, 0.4) is 0 Å². The van der Waals surface area contributed by atoms with Crippen molar-refractivity contribution < 1.29 is 31.1 Å². The predicted molar refractivity (Wildman–Crippen MR) is 104 cm³/mol. The predicted octanol–water partition coefficient (Wildman–Crippen LogP) is 5.86. The quantitative estimate of drug-likeness (QED) is 0.384. The van der Waals surface area contributed by atoms with Gasteiger partial charge < -0.3 is 9.88 Å². The largest absolute Gasteiger partial charge is 0.416 e. The molecule has 0 unspecified atom stereocenters. The van der Waals surface area contributed by atoms with Gasteiger partial charge in [-0.05, 0) is 23.8 Å². The van der Waals surface area contributed by atoms with Crippen molar-refractivity contribution in [3.05, 3.63) is 65.9 Å². The molecule has 1 aromatic heterocycles. The van der Waals surface area contributed by atoms with Gasteiger partial charge in [-0.25, -0.2) is 4.98 Å². The molecule has 164 valence electrons. The van der Waals surface area contributed by atoms with Crippen molar-refractivity contribution in [1.82, 2.24) is 9.55 Å². The van der Waals surface area contributed by atoms with E-state index in [-0.39, 0.29) is 11.8 Å². The third-order valence-corrected chi connectivity index (χ3v) is 5.26. The number of thioether (sulfide) groups is 1. The lowest BCUT2D eigenvalue weighted by atomic mass is 10.1. The molecule has 0 aliphatic heterocycles. The number of carbonyl (C=O) groups excluding carboxylic acids is 1. The smallest absolute Gasteiger partial charge is 0.325 e. The van der Waals surface area contributed by atoms with Gasteiger partial charge in [-0.3, -0.25) is 4.79 Å². The lowest BCUT2D eigenvalue weighted by Gasteiger charge is -2.14. The highest BCUT2D eigenvalue weighted by Gasteiger charge is 2.37. The van der Waals surface area contributed by atoms with Crippen molar-refractivity contribution >= 4 is 23.4 Å². The third-order valence-electron chi connectivity index (χ3n) is 4.22. The zero-order valence-electron chi connectivity index (χ0n) is 15.9. The number of aromatic nitrogens is 2. The summed E-state index contributed by atoms with van der Waals surface area (Å²) in [4.78, 5) is 16.4. The maximum atomic E-state index is 12.9. The van der Waals surface area contributed by atoms with Crippen LogP contribution in [-0.2, 0) is 24.2 Å². The number of benzene rings is 2. The monoisotopic (exact) mass is 459 g/mol. The zero-order chi connectivity index (χ0) is 22.8. The summed E-state index contributed by atoms with van der Waals surface area (Å²) in [5.74, 6) is -1.02. The average molecular weight is 459 g/mol. The lowest BCUT2D eigenvalue weighted by Crippen LogP contribution is -2.17. The standard InChI is InChI=1S/C20H15F6N3OS/c1-29-16(12-5-3-2-4-6-12)10-27-18(29)31-11-17(30)28-15-8-13(19(21,22)23)7-14(9-15)20(24,25)26/h2-10H,11H2,1H3,(H,28,30). The molecule has 2 aromatic carbocycles. The SMILES string of the molecule is Cn1c(-c2ccccc2)cnc1SCC(=O)Nc1cc(C(F)(F)F)cc(C(F)(F)F)c1. The van der Waals surface area contributed by atoms with E-state index in [1.54, 1.807) is 17.8 Å². The van der Waals surface area contributed by atoms with Crippen LogP contribution in [-0.4, -0.2) is 21.2 Å². The van der Waals surface area contributed by atoms with E-state index >= 15 is 0 Å². The molecule has 0 atom stereocenters. The van der Waals surface area contributed by atoms with Crippen LogP contribution in [0.2, 0.25) is 0 Å². The van der Waals surface area contributed by atoms with E-state index in [4.69, 9.17) is 0 Å². The van der Waals surface area contributed by atoms with Crippen LogP contribution in [0.25, 0.3) is 11.3 Å². The number of carbonyl (C=O) groups is 1. The van der Waals surface area contributed by atoms with E-state index < -0.39 is 35.1 Å². The number of nitrogens with one attached hydrogen (secondary N) is 1. The number of imidazole rings is 1. The van der Waals surface area contributed by atoms with Gasteiger partial charge in [0.25, 0.3) is 0 Å². The van der Waals surface area contributed by atoms with Crippen LogP contribution >= 0.6 is 11.8 Å². The number of rotatable bonds is 5. The Bertz CT molecular complexity index is 1040.